The van der Waals surface area contributed by atoms with Crippen molar-refractivity contribution in [1.82, 2.24) is 4.98 Å². The summed E-state index contributed by atoms with van der Waals surface area (Å²) in [7, 11) is -1.64. The van der Waals surface area contributed by atoms with Crippen LogP contribution in [-0.2, 0) is 0 Å². The van der Waals surface area contributed by atoms with Crippen LogP contribution in [0, 0.1) is 21.4 Å². The quantitative estimate of drug-likeness (QED) is 0.253. The fraction of sp³-hybridized carbons (Fsp3) is 0.0952. The van der Waals surface area contributed by atoms with Gasteiger partial charge in [0, 0.05) is 26.3 Å². The first-order valence-corrected chi connectivity index (χ1v) is 10.0. The van der Waals surface area contributed by atoms with Crippen LogP contribution in [0.2, 0.25) is 0 Å². The molecule has 2 aromatic carbocycles. The largest absolute Gasteiger partial charge is 0.489 e. The van der Waals surface area contributed by atoms with Crippen molar-refractivity contribution < 1.29 is 15.0 Å². The normalized spacial score (nSPS) is 11.9. The molecule has 2 heterocycles. The van der Waals surface area contributed by atoms with E-state index in [1.807, 2.05) is 30.3 Å². The van der Waals surface area contributed by atoms with Crippen molar-refractivity contribution in [2.75, 3.05) is 6.54 Å². The molecule has 0 amide bonds. The Morgan fingerprint density at radius 1 is 1.20 bits per heavy atom. The van der Waals surface area contributed by atoms with Crippen LogP contribution < -0.4 is 5.46 Å². The Hall–Kier alpha value is -3.45. The van der Waals surface area contributed by atoms with Gasteiger partial charge in [0.25, 0.3) is 0 Å². The molecule has 0 aliphatic carbocycles. The summed E-state index contributed by atoms with van der Waals surface area (Å²) in [5.41, 5.74) is 3.87. The van der Waals surface area contributed by atoms with E-state index in [-0.39, 0.29) is 11.5 Å². The van der Waals surface area contributed by atoms with Crippen molar-refractivity contribution in [2.24, 2.45) is 0 Å². The van der Waals surface area contributed by atoms with Gasteiger partial charge in [-0.05, 0) is 34.6 Å². The second kappa shape index (κ2) is 8.12. The zero-order valence-corrected chi connectivity index (χ0v) is 16.5. The molecule has 4 aromatic rings. The predicted molar refractivity (Wildman–Crippen MR) is 116 cm³/mol. The van der Waals surface area contributed by atoms with Crippen LogP contribution >= 0.6 is 11.3 Å². The van der Waals surface area contributed by atoms with E-state index < -0.39 is 13.0 Å². The third-order valence-electron chi connectivity index (χ3n) is 4.99. The van der Waals surface area contributed by atoms with E-state index in [1.165, 1.54) is 11.3 Å². The average molecular weight is 417 g/mol. The molecule has 148 valence electrons. The monoisotopic (exact) mass is 417 g/mol. The fourth-order valence-corrected chi connectivity index (χ4v) is 4.66. The highest BCUT2D eigenvalue weighted by Crippen LogP contribution is 2.40. The molecule has 0 bridgehead atoms. The second-order valence-corrected chi connectivity index (χ2v) is 7.82. The number of fused-ring (bicyclic) bond motifs is 1. The van der Waals surface area contributed by atoms with Crippen molar-refractivity contribution in [1.29, 1.82) is 5.26 Å². The lowest BCUT2D eigenvalue weighted by atomic mass is 9.81. The van der Waals surface area contributed by atoms with E-state index in [0.29, 0.717) is 15.9 Å². The summed E-state index contributed by atoms with van der Waals surface area (Å²) >= 11 is 1.26. The first-order chi connectivity index (χ1) is 14.5. The number of rotatable bonds is 6. The highest BCUT2D eigenvalue weighted by Gasteiger charge is 2.29. The summed E-state index contributed by atoms with van der Waals surface area (Å²) in [5, 5.41) is 42.2. The first kappa shape index (κ1) is 19.9. The summed E-state index contributed by atoms with van der Waals surface area (Å²) < 4.78 is 0. The molecule has 0 spiro atoms. The molecule has 3 N–H and O–H groups in total. The Balaban J connectivity index is 1.98. The van der Waals surface area contributed by atoms with Gasteiger partial charge in [0.1, 0.15) is 0 Å². The van der Waals surface area contributed by atoms with Crippen LogP contribution in [-0.4, -0.2) is 33.6 Å². The maximum Gasteiger partial charge on any atom is 0.489 e. The van der Waals surface area contributed by atoms with Crippen molar-refractivity contribution in [2.45, 2.75) is 5.92 Å². The maximum absolute atomic E-state index is 11.6. The number of hydrogen-bond acceptors (Lipinski definition) is 6. The number of hydrogen-bond donors (Lipinski definition) is 3. The van der Waals surface area contributed by atoms with E-state index in [9.17, 15) is 25.4 Å². The molecule has 1 unspecified atom stereocenters. The van der Waals surface area contributed by atoms with Gasteiger partial charge >= 0.3 is 7.12 Å². The van der Waals surface area contributed by atoms with Gasteiger partial charge in [0.2, 0.25) is 6.54 Å². The SMILES string of the molecule is N#Cc1ccc2c(C(C[N+](=O)[O-])c3cc(B(O)O)cs3)c(-c3ccccc3)[nH]c2c1. The Morgan fingerprint density at radius 3 is 2.60 bits per heavy atom. The number of nitriles is 1. The van der Waals surface area contributed by atoms with E-state index in [4.69, 9.17) is 0 Å². The third-order valence-corrected chi connectivity index (χ3v) is 6.06. The third kappa shape index (κ3) is 3.72. The molecule has 0 aliphatic heterocycles. The van der Waals surface area contributed by atoms with Gasteiger partial charge < -0.3 is 15.0 Å². The van der Waals surface area contributed by atoms with Crippen LogP contribution in [0.4, 0.5) is 0 Å². The summed E-state index contributed by atoms with van der Waals surface area (Å²) in [5.74, 6) is -0.602. The number of nitrogens with zero attached hydrogens (tertiary/aromatic N) is 2. The van der Waals surface area contributed by atoms with Crippen molar-refractivity contribution in [3.8, 4) is 17.3 Å². The number of aromatic nitrogens is 1. The lowest BCUT2D eigenvalue weighted by Gasteiger charge is -2.14. The van der Waals surface area contributed by atoms with E-state index >= 15 is 0 Å². The topological polar surface area (TPSA) is 123 Å². The summed E-state index contributed by atoms with van der Waals surface area (Å²) in [6.45, 7) is -0.353. The number of aromatic amines is 1. The zero-order valence-electron chi connectivity index (χ0n) is 15.6. The number of benzene rings is 2. The van der Waals surface area contributed by atoms with Gasteiger partial charge in [-0.25, -0.2) is 0 Å². The Morgan fingerprint density at radius 2 is 1.97 bits per heavy atom. The minimum absolute atomic E-state index is 0.302. The lowest BCUT2D eigenvalue weighted by Crippen LogP contribution is -2.28. The molecule has 4 rings (SSSR count). The van der Waals surface area contributed by atoms with Crippen molar-refractivity contribution >= 4 is 34.8 Å². The highest BCUT2D eigenvalue weighted by atomic mass is 32.1. The predicted octanol–water partition coefficient (Wildman–Crippen LogP) is 2.86. The maximum atomic E-state index is 11.6. The Bertz CT molecular complexity index is 1260. The van der Waals surface area contributed by atoms with E-state index in [0.717, 1.165) is 27.7 Å². The van der Waals surface area contributed by atoms with Gasteiger partial charge in [-0.1, -0.05) is 36.4 Å². The van der Waals surface area contributed by atoms with Gasteiger partial charge in [0.05, 0.1) is 23.2 Å². The number of thiophene rings is 1. The molecule has 0 saturated heterocycles. The molecule has 2 aromatic heterocycles. The smallest absolute Gasteiger partial charge is 0.423 e. The molecule has 0 fully saturated rings. The van der Waals surface area contributed by atoms with Crippen LogP contribution in [0.25, 0.3) is 22.2 Å². The highest BCUT2D eigenvalue weighted by molar-refractivity contribution is 7.11. The van der Waals surface area contributed by atoms with Crippen molar-refractivity contribution in [3.63, 3.8) is 0 Å². The molecular weight excluding hydrogens is 401 g/mol. The minimum atomic E-state index is -1.64. The molecule has 0 saturated carbocycles. The van der Waals surface area contributed by atoms with Gasteiger partial charge in [0.15, 0.2) is 0 Å². The van der Waals surface area contributed by atoms with Gasteiger partial charge in [-0.3, -0.25) is 10.1 Å². The zero-order chi connectivity index (χ0) is 21.3. The first-order valence-electron chi connectivity index (χ1n) is 9.15. The summed E-state index contributed by atoms with van der Waals surface area (Å²) in [6, 6.07) is 18.4. The van der Waals surface area contributed by atoms with E-state index in [1.54, 1.807) is 29.6 Å². The molecule has 1 atom stereocenters. The van der Waals surface area contributed by atoms with E-state index in [2.05, 4.69) is 11.1 Å². The molecule has 30 heavy (non-hydrogen) atoms. The van der Waals surface area contributed by atoms with Crippen LogP contribution in [0.5, 0.6) is 0 Å². The van der Waals surface area contributed by atoms with Crippen molar-refractivity contribution in [3.05, 3.63) is 86.1 Å². The van der Waals surface area contributed by atoms with Gasteiger partial charge in [-0.15, -0.1) is 11.3 Å². The van der Waals surface area contributed by atoms with Crippen LogP contribution in [0.1, 0.15) is 21.9 Å². The minimum Gasteiger partial charge on any atom is -0.423 e. The summed E-state index contributed by atoms with van der Waals surface area (Å²) in [4.78, 5) is 15.2. The summed E-state index contributed by atoms with van der Waals surface area (Å²) in [6.07, 6.45) is 0. The number of H-pyrrole nitrogens is 1. The fourth-order valence-electron chi connectivity index (χ4n) is 3.64. The standard InChI is InChI=1S/C21H16BN3O4S/c23-10-13-6-7-16-18(8-13)24-21(14-4-2-1-3-5-14)20(16)17(11-25(28)29)19-9-15(12-30-19)22(26)27/h1-9,12,17,24,26-27H,11H2. The Kier molecular flexibility index (Phi) is 5.38. The number of nitro groups is 1. The van der Waals surface area contributed by atoms with Crippen LogP contribution in [0.3, 0.4) is 0 Å². The molecule has 9 heteroatoms. The molecular formula is C21H16BN3O4S. The Labute approximate surface area is 176 Å². The number of nitrogens with one attached hydrogen (secondary N) is 1. The molecule has 0 aliphatic rings. The molecule has 7 nitrogen and oxygen atoms in total. The van der Waals surface area contributed by atoms with Gasteiger partial charge in [-0.2, -0.15) is 5.26 Å². The average Bonchev–Trinajstić information content (AvgIpc) is 3.37. The molecule has 0 radical (unpaired) electrons. The lowest BCUT2D eigenvalue weighted by molar-refractivity contribution is -0.481. The van der Waals surface area contributed by atoms with Crippen LogP contribution in [0.15, 0.2) is 60.0 Å². The second-order valence-electron chi connectivity index (χ2n) is 6.88.